The highest BCUT2D eigenvalue weighted by Crippen LogP contribution is 1.91. The minimum absolute atomic E-state index is 0.771. The van der Waals surface area contributed by atoms with Crippen LogP contribution in [0.5, 0.6) is 0 Å². The average molecular weight is 148 g/mol. The van der Waals surface area contributed by atoms with Gasteiger partial charge in [0.1, 0.15) is 13.3 Å². The number of hydrogen-bond acceptors (Lipinski definition) is 1. The topological polar surface area (TPSA) is 20.9 Å². The van der Waals surface area contributed by atoms with Gasteiger partial charge in [-0.25, -0.2) is 4.57 Å². The molecule has 2 heteroatoms. The lowest BCUT2D eigenvalue weighted by atomic mass is 10.3. The Hall–Kier alpha value is -1.44. The van der Waals surface area contributed by atoms with Gasteiger partial charge in [0.2, 0.25) is 5.69 Å². The van der Waals surface area contributed by atoms with Crippen LogP contribution < -0.4 is 4.57 Å². The Balaban J connectivity index is 2.94. The summed E-state index contributed by atoms with van der Waals surface area (Å²) in [6, 6.07) is 5.82. The Morgan fingerprint density at radius 1 is 1.45 bits per heavy atom. The van der Waals surface area contributed by atoms with Crippen molar-refractivity contribution in [2.75, 3.05) is 0 Å². The molecule has 1 heterocycles. The first-order valence-corrected chi connectivity index (χ1v) is 3.41. The molecule has 0 saturated heterocycles. The molecule has 0 bridgehead atoms. The second-order valence-corrected chi connectivity index (χ2v) is 2.23. The second-order valence-electron chi connectivity index (χ2n) is 2.23. The van der Waals surface area contributed by atoms with E-state index >= 15 is 0 Å². The van der Waals surface area contributed by atoms with E-state index in [2.05, 4.69) is 0 Å². The fourth-order valence-electron chi connectivity index (χ4n) is 0.848. The number of aldehydes is 1. The van der Waals surface area contributed by atoms with Gasteiger partial charge in [-0.3, -0.25) is 4.79 Å². The maximum absolute atomic E-state index is 9.99. The van der Waals surface area contributed by atoms with E-state index in [9.17, 15) is 4.79 Å². The first-order chi connectivity index (χ1) is 5.34. The summed E-state index contributed by atoms with van der Waals surface area (Å²) in [6.07, 6.45) is 5.96. The molecule has 0 aliphatic rings. The fraction of sp³-hybridized carbons (Fsp3) is 0.111. The number of carbonyl (C=O) groups excluding carboxylic acids is 1. The standard InChI is InChI=1S/C9H10NO/c1-10-7-3-2-5-9(10)6-4-8-11/h2-8H,1H3/q+1. The zero-order valence-electron chi connectivity index (χ0n) is 6.40. The van der Waals surface area contributed by atoms with Gasteiger partial charge in [0, 0.05) is 18.2 Å². The summed E-state index contributed by atoms with van der Waals surface area (Å²) in [7, 11) is 1.93. The van der Waals surface area contributed by atoms with Crippen molar-refractivity contribution in [3.63, 3.8) is 0 Å². The third-order valence-corrected chi connectivity index (χ3v) is 1.44. The zero-order valence-corrected chi connectivity index (χ0v) is 6.40. The number of aryl methyl sites for hydroxylation is 1. The van der Waals surface area contributed by atoms with E-state index in [1.807, 2.05) is 36.0 Å². The monoisotopic (exact) mass is 148 g/mol. The highest BCUT2D eigenvalue weighted by molar-refractivity contribution is 5.72. The van der Waals surface area contributed by atoms with E-state index in [-0.39, 0.29) is 0 Å². The second kappa shape index (κ2) is 3.66. The molecule has 0 radical (unpaired) electrons. The van der Waals surface area contributed by atoms with Crippen LogP contribution in [-0.4, -0.2) is 6.29 Å². The van der Waals surface area contributed by atoms with Crippen molar-refractivity contribution in [1.82, 2.24) is 0 Å². The van der Waals surface area contributed by atoms with Gasteiger partial charge in [0.15, 0.2) is 6.20 Å². The van der Waals surface area contributed by atoms with E-state index in [1.165, 1.54) is 6.08 Å². The van der Waals surface area contributed by atoms with Gasteiger partial charge in [-0.05, 0) is 12.1 Å². The van der Waals surface area contributed by atoms with Crippen LogP contribution in [0.15, 0.2) is 30.5 Å². The molecule has 1 aromatic rings. The molecule has 1 aromatic heterocycles. The number of hydrogen-bond donors (Lipinski definition) is 0. The van der Waals surface area contributed by atoms with Crippen LogP contribution in [0.25, 0.3) is 6.08 Å². The molecule has 11 heavy (non-hydrogen) atoms. The third kappa shape index (κ3) is 2.00. The highest BCUT2D eigenvalue weighted by atomic mass is 16.1. The van der Waals surface area contributed by atoms with E-state index < -0.39 is 0 Å². The van der Waals surface area contributed by atoms with Crippen LogP contribution in [0.1, 0.15) is 5.69 Å². The summed E-state index contributed by atoms with van der Waals surface area (Å²) in [5.74, 6) is 0. The quantitative estimate of drug-likeness (QED) is 0.344. The average Bonchev–Trinajstić information content (AvgIpc) is 2.03. The summed E-state index contributed by atoms with van der Waals surface area (Å²) >= 11 is 0. The summed E-state index contributed by atoms with van der Waals surface area (Å²) in [6.45, 7) is 0. The lowest BCUT2D eigenvalue weighted by Gasteiger charge is -1.89. The smallest absolute Gasteiger partial charge is 0.205 e. The molecular formula is C9H10NO+. The molecule has 0 aliphatic heterocycles. The minimum Gasteiger partial charge on any atom is -0.299 e. The fourth-order valence-corrected chi connectivity index (χ4v) is 0.848. The Morgan fingerprint density at radius 2 is 2.27 bits per heavy atom. The molecule has 2 nitrogen and oxygen atoms in total. The van der Waals surface area contributed by atoms with Crippen molar-refractivity contribution in [1.29, 1.82) is 0 Å². The highest BCUT2D eigenvalue weighted by Gasteiger charge is 1.96. The van der Waals surface area contributed by atoms with Crippen LogP contribution in [0, 0.1) is 0 Å². The maximum Gasteiger partial charge on any atom is 0.205 e. The van der Waals surface area contributed by atoms with Crippen molar-refractivity contribution in [3.8, 4) is 0 Å². The molecule has 0 saturated carbocycles. The molecule has 0 amide bonds. The summed E-state index contributed by atoms with van der Waals surface area (Å²) in [5.41, 5.74) is 1.01. The van der Waals surface area contributed by atoms with Crippen molar-refractivity contribution in [3.05, 3.63) is 36.2 Å². The number of nitrogens with zero attached hydrogens (tertiary/aromatic N) is 1. The number of carbonyl (C=O) groups is 1. The Kier molecular flexibility index (Phi) is 2.55. The SMILES string of the molecule is C[n+]1ccccc1C=CC=O. The Labute approximate surface area is 65.8 Å². The molecule has 0 spiro atoms. The van der Waals surface area contributed by atoms with E-state index in [0.29, 0.717) is 0 Å². The van der Waals surface area contributed by atoms with Gasteiger partial charge in [0.05, 0.1) is 0 Å². The molecule has 0 N–H and O–H groups in total. The van der Waals surface area contributed by atoms with E-state index in [1.54, 1.807) is 6.08 Å². The molecule has 56 valence electrons. The predicted molar refractivity (Wildman–Crippen MR) is 42.7 cm³/mol. The number of pyridine rings is 1. The molecule has 0 atom stereocenters. The van der Waals surface area contributed by atoms with Crippen molar-refractivity contribution < 1.29 is 9.36 Å². The minimum atomic E-state index is 0.771. The normalized spacial score (nSPS) is 10.3. The van der Waals surface area contributed by atoms with Crippen LogP contribution in [0.3, 0.4) is 0 Å². The first-order valence-electron chi connectivity index (χ1n) is 3.41. The number of rotatable bonds is 2. The van der Waals surface area contributed by atoms with Gasteiger partial charge < -0.3 is 0 Å². The van der Waals surface area contributed by atoms with Crippen molar-refractivity contribution >= 4 is 12.4 Å². The van der Waals surface area contributed by atoms with Gasteiger partial charge in [-0.1, -0.05) is 0 Å². The molecular weight excluding hydrogens is 138 g/mol. The van der Waals surface area contributed by atoms with Crippen LogP contribution in [-0.2, 0) is 11.8 Å². The van der Waals surface area contributed by atoms with Gasteiger partial charge in [-0.15, -0.1) is 0 Å². The molecule has 0 unspecified atom stereocenters. The van der Waals surface area contributed by atoms with Gasteiger partial charge >= 0.3 is 0 Å². The number of aromatic nitrogens is 1. The lowest BCUT2D eigenvalue weighted by Crippen LogP contribution is -2.30. The maximum atomic E-state index is 9.99. The van der Waals surface area contributed by atoms with Gasteiger partial charge in [0.25, 0.3) is 0 Å². The molecule has 0 aliphatic carbocycles. The first kappa shape index (κ1) is 7.66. The summed E-state index contributed by atoms with van der Waals surface area (Å²) in [5, 5.41) is 0. The lowest BCUT2D eigenvalue weighted by molar-refractivity contribution is -0.673. The van der Waals surface area contributed by atoms with E-state index in [4.69, 9.17) is 0 Å². The molecule has 0 fully saturated rings. The Bertz CT molecular complexity index is 279. The Morgan fingerprint density at radius 3 is 2.91 bits per heavy atom. The largest absolute Gasteiger partial charge is 0.299 e. The summed E-state index contributed by atoms with van der Waals surface area (Å²) < 4.78 is 1.94. The van der Waals surface area contributed by atoms with Crippen LogP contribution >= 0.6 is 0 Å². The molecule has 1 rings (SSSR count). The van der Waals surface area contributed by atoms with E-state index in [0.717, 1.165) is 12.0 Å². The van der Waals surface area contributed by atoms with Crippen molar-refractivity contribution in [2.24, 2.45) is 7.05 Å². The van der Waals surface area contributed by atoms with Crippen LogP contribution in [0.4, 0.5) is 0 Å². The van der Waals surface area contributed by atoms with Gasteiger partial charge in [-0.2, -0.15) is 0 Å². The van der Waals surface area contributed by atoms with Crippen molar-refractivity contribution in [2.45, 2.75) is 0 Å². The number of allylic oxidation sites excluding steroid dienone is 1. The predicted octanol–water partition coefficient (Wildman–Crippen LogP) is 0.723. The van der Waals surface area contributed by atoms with Crippen LogP contribution in [0.2, 0.25) is 0 Å². The summed E-state index contributed by atoms with van der Waals surface area (Å²) in [4.78, 5) is 9.99. The molecule has 0 aromatic carbocycles. The third-order valence-electron chi connectivity index (χ3n) is 1.44. The zero-order chi connectivity index (χ0) is 8.10.